The summed E-state index contributed by atoms with van der Waals surface area (Å²) in [7, 11) is 0. The second kappa shape index (κ2) is 6.00. The van der Waals surface area contributed by atoms with Crippen LogP contribution in [0, 0.1) is 0 Å². The van der Waals surface area contributed by atoms with Crippen molar-refractivity contribution in [2.45, 2.75) is 12.3 Å². The van der Waals surface area contributed by atoms with Crippen molar-refractivity contribution < 1.29 is 29.0 Å². The molecule has 1 unspecified atom stereocenters. The van der Waals surface area contributed by atoms with E-state index in [9.17, 15) is 14.4 Å². The topological polar surface area (TPSA) is 118 Å². The molecule has 0 spiro atoms. The van der Waals surface area contributed by atoms with E-state index >= 15 is 0 Å². The zero-order valence-electron chi connectivity index (χ0n) is 10.7. The number of benzene rings is 1. The highest BCUT2D eigenvalue weighted by Gasteiger charge is 2.28. The van der Waals surface area contributed by atoms with Crippen molar-refractivity contribution in [1.82, 2.24) is 4.98 Å². The summed E-state index contributed by atoms with van der Waals surface area (Å²) in [4.78, 5) is 37.2. The van der Waals surface area contributed by atoms with Crippen molar-refractivity contribution in [1.29, 1.82) is 0 Å². The Morgan fingerprint density at radius 3 is 2.33 bits per heavy atom. The van der Waals surface area contributed by atoms with Crippen LogP contribution >= 0.6 is 0 Å². The van der Waals surface area contributed by atoms with Crippen LogP contribution in [0.3, 0.4) is 0 Å². The number of nitrogens with zero attached hydrogens (tertiary/aromatic N) is 1. The first-order chi connectivity index (χ1) is 9.99. The first kappa shape index (κ1) is 14.4. The molecule has 7 nitrogen and oxygen atoms in total. The number of carboxylic acid groups (broad SMARTS) is 2. The molecule has 0 fully saturated rings. The molecule has 2 N–H and O–H groups in total. The maximum absolute atomic E-state index is 11.8. The van der Waals surface area contributed by atoms with Gasteiger partial charge < -0.3 is 14.6 Å². The van der Waals surface area contributed by atoms with Gasteiger partial charge in [-0.15, -0.1) is 0 Å². The number of rotatable bonds is 6. The molecule has 0 aliphatic carbocycles. The van der Waals surface area contributed by atoms with Gasteiger partial charge in [0.1, 0.15) is 6.26 Å². The fourth-order valence-corrected chi connectivity index (χ4v) is 1.87. The van der Waals surface area contributed by atoms with Crippen molar-refractivity contribution in [3.8, 4) is 0 Å². The molecule has 0 saturated heterocycles. The highest BCUT2D eigenvalue weighted by Crippen LogP contribution is 2.22. The molecule has 21 heavy (non-hydrogen) atoms. The molecule has 1 aromatic carbocycles. The molecule has 2 aromatic rings. The highest BCUT2D eigenvalue weighted by atomic mass is 16.4. The van der Waals surface area contributed by atoms with E-state index in [1.54, 1.807) is 30.3 Å². The summed E-state index contributed by atoms with van der Waals surface area (Å²) in [5, 5.41) is 17.7. The fourth-order valence-electron chi connectivity index (χ4n) is 1.87. The van der Waals surface area contributed by atoms with E-state index in [0.29, 0.717) is 5.56 Å². The SMILES string of the molecule is O=C(O)C(=O)C(Cc1nc(C(=O)O)co1)c1ccccc1. The van der Waals surface area contributed by atoms with E-state index in [4.69, 9.17) is 14.6 Å². The molecule has 0 saturated carbocycles. The molecule has 0 aliphatic rings. The summed E-state index contributed by atoms with van der Waals surface area (Å²) >= 11 is 0. The summed E-state index contributed by atoms with van der Waals surface area (Å²) in [6.07, 6.45) is 0.827. The van der Waals surface area contributed by atoms with Gasteiger partial charge in [-0.1, -0.05) is 30.3 Å². The van der Waals surface area contributed by atoms with Gasteiger partial charge in [-0.2, -0.15) is 0 Å². The highest BCUT2D eigenvalue weighted by molar-refractivity contribution is 6.35. The van der Waals surface area contributed by atoms with Crippen molar-refractivity contribution in [3.63, 3.8) is 0 Å². The quantitative estimate of drug-likeness (QED) is 0.770. The second-order valence-corrected chi connectivity index (χ2v) is 4.27. The number of aromatic nitrogens is 1. The van der Waals surface area contributed by atoms with Crippen molar-refractivity contribution in [3.05, 3.63) is 53.7 Å². The summed E-state index contributed by atoms with van der Waals surface area (Å²) in [6, 6.07) is 8.32. The minimum Gasteiger partial charge on any atom is -0.476 e. The third-order valence-electron chi connectivity index (χ3n) is 2.88. The summed E-state index contributed by atoms with van der Waals surface area (Å²) in [5.74, 6) is -4.81. The van der Waals surface area contributed by atoms with Gasteiger partial charge in [0, 0.05) is 6.42 Å². The Morgan fingerprint density at radius 2 is 1.81 bits per heavy atom. The summed E-state index contributed by atoms with van der Waals surface area (Å²) in [6.45, 7) is 0. The first-order valence-electron chi connectivity index (χ1n) is 5.99. The lowest BCUT2D eigenvalue weighted by atomic mass is 9.91. The number of carbonyl (C=O) groups is 3. The van der Waals surface area contributed by atoms with Gasteiger partial charge in [0.25, 0.3) is 0 Å². The summed E-state index contributed by atoms with van der Waals surface area (Å²) in [5.41, 5.74) is 0.208. The number of hydrogen-bond acceptors (Lipinski definition) is 5. The van der Waals surface area contributed by atoms with Crippen molar-refractivity contribution >= 4 is 17.7 Å². The molecule has 0 aliphatic heterocycles. The average Bonchev–Trinajstić information content (AvgIpc) is 2.93. The van der Waals surface area contributed by atoms with Gasteiger partial charge in [-0.25, -0.2) is 14.6 Å². The van der Waals surface area contributed by atoms with Gasteiger partial charge in [0.05, 0.1) is 5.92 Å². The van der Waals surface area contributed by atoms with E-state index in [2.05, 4.69) is 4.98 Å². The first-order valence-corrected chi connectivity index (χ1v) is 5.99. The van der Waals surface area contributed by atoms with Gasteiger partial charge in [-0.3, -0.25) is 4.79 Å². The Bertz CT molecular complexity index is 676. The molecule has 0 bridgehead atoms. The molecular weight excluding hydrogens is 278 g/mol. The van der Waals surface area contributed by atoms with Crippen LogP contribution in [0.15, 0.2) is 41.0 Å². The van der Waals surface area contributed by atoms with Gasteiger partial charge in [0.15, 0.2) is 11.6 Å². The van der Waals surface area contributed by atoms with Crippen LogP contribution in [0.5, 0.6) is 0 Å². The number of Topliss-reactive ketones (excluding diaryl/α,β-unsaturated/α-hetero) is 1. The zero-order chi connectivity index (χ0) is 15.4. The van der Waals surface area contributed by atoms with Crippen molar-refractivity contribution in [2.75, 3.05) is 0 Å². The molecular formula is C14H11NO6. The van der Waals surface area contributed by atoms with Crippen LogP contribution in [-0.4, -0.2) is 32.9 Å². The predicted molar refractivity (Wildman–Crippen MR) is 69.0 cm³/mol. The number of hydrogen-bond donors (Lipinski definition) is 2. The molecule has 0 amide bonds. The van der Waals surface area contributed by atoms with E-state index in [-0.39, 0.29) is 18.0 Å². The van der Waals surface area contributed by atoms with E-state index in [1.807, 2.05) is 0 Å². The van der Waals surface area contributed by atoms with E-state index < -0.39 is 23.6 Å². The minimum atomic E-state index is -1.56. The fraction of sp³-hybridized carbons (Fsp3) is 0.143. The smallest absolute Gasteiger partial charge is 0.372 e. The Hall–Kier alpha value is -2.96. The minimum absolute atomic E-state index is 0.00384. The number of carboxylic acids is 2. The number of ketones is 1. The number of aliphatic carboxylic acids is 1. The Balaban J connectivity index is 2.29. The Morgan fingerprint density at radius 1 is 1.14 bits per heavy atom. The molecule has 1 aromatic heterocycles. The van der Waals surface area contributed by atoms with E-state index in [0.717, 1.165) is 6.26 Å². The molecule has 2 rings (SSSR count). The number of aromatic carboxylic acids is 1. The molecule has 1 heterocycles. The molecule has 1 atom stereocenters. The summed E-state index contributed by atoms with van der Waals surface area (Å²) < 4.78 is 4.97. The molecule has 108 valence electrons. The lowest BCUT2D eigenvalue weighted by molar-refractivity contribution is -0.149. The zero-order valence-corrected chi connectivity index (χ0v) is 10.7. The van der Waals surface area contributed by atoms with Crippen LogP contribution in [0.4, 0.5) is 0 Å². The van der Waals surface area contributed by atoms with Crippen LogP contribution in [0.2, 0.25) is 0 Å². The van der Waals surface area contributed by atoms with Crippen LogP contribution in [-0.2, 0) is 16.0 Å². The normalized spacial score (nSPS) is 11.8. The maximum atomic E-state index is 11.8. The van der Waals surface area contributed by atoms with E-state index in [1.165, 1.54) is 0 Å². The Labute approximate surface area is 118 Å². The standard InChI is InChI=1S/C14H11NO6/c16-12(14(19)20)9(8-4-2-1-3-5-8)6-11-15-10(7-21-11)13(17)18/h1-5,7,9H,6H2,(H,17,18)(H,19,20). The van der Waals surface area contributed by atoms with Crippen LogP contribution in [0.25, 0.3) is 0 Å². The third-order valence-corrected chi connectivity index (χ3v) is 2.88. The Kier molecular flexibility index (Phi) is 4.13. The van der Waals surface area contributed by atoms with Crippen molar-refractivity contribution in [2.24, 2.45) is 0 Å². The number of oxazole rings is 1. The average molecular weight is 289 g/mol. The van der Waals surface area contributed by atoms with Crippen LogP contribution in [0.1, 0.15) is 27.9 Å². The van der Waals surface area contributed by atoms with Gasteiger partial charge in [-0.05, 0) is 5.56 Å². The molecule has 7 heteroatoms. The maximum Gasteiger partial charge on any atom is 0.372 e. The van der Waals surface area contributed by atoms with Gasteiger partial charge in [0.2, 0.25) is 5.78 Å². The second-order valence-electron chi connectivity index (χ2n) is 4.27. The van der Waals surface area contributed by atoms with Gasteiger partial charge >= 0.3 is 11.9 Å². The largest absolute Gasteiger partial charge is 0.476 e. The lowest BCUT2D eigenvalue weighted by Gasteiger charge is -2.11. The molecule has 0 radical (unpaired) electrons. The lowest BCUT2D eigenvalue weighted by Crippen LogP contribution is -2.23. The van der Waals surface area contributed by atoms with Crippen LogP contribution < -0.4 is 0 Å². The number of carbonyl (C=O) groups excluding carboxylic acids is 1. The monoisotopic (exact) mass is 289 g/mol. The predicted octanol–water partition coefficient (Wildman–Crippen LogP) is 1.35. The third kappa shape index (κ3) is 3.33.